The van der Waals surface area contributed by atoms with Crippen LogP contribution in [-0.4, -0.2) is 12.5 Å². The lowest BCUT2D eigenvalue weighted by Gasteiger charge is -2.11. The van der Waals surface area contributed by atoms with E-state index in [0.29, 0.717) is 5.75 Å². The van der Waals surface area contributed by atoms with Gasteiger partial charge in [0.1, 0.15) is 5.75 Å². The number of anilines is 1. The Bertz CT molecular complexity index is 668. The fraction of sp³-hybridized carbons (Fsp3) is 0.235. The van der Waals surface area contributed by atoms with Crippen LogP contribution in [0, 0.1) is 20.8 Å². The summed E-state index contributed by atoms with van der Waals surface area (Å²) in [5.74, 6) is 0.493. The van der Waals surface area contributed by atoms with Gasteiger partial charge in [0.15, 0.2) is 6.61 Å². The number of carbonyl (C=O) groups excluding carboxylic acids is 1. The molecule has 0 saturated carbocycles. The quantitative estimate of drug-likeness (QED) is 0.890. The van der Waals surface area contributed by atoms with Crippen molar-refractivity contribution >= 4 is 27.5 Å². The molecule has 110 valence electrons. The average Bonchev–Trinajstić information content (AvgIpc) is 2.42. The zero-order valence-electron chi connectivity index (χ0n) is 12.4. The molecule has 0 unspecified atom stereocenters. The van der Waals surface area contributed by atoms with Crippen molar-refractivity contribution in [3.05, 3.63) is 57.6 Å². The molecule has 0 aliphatic heterocycles. The van der Waals surface area contributed by atoms with Crippen molar-refractivity contribution in [1.82, 2.24) is 0 Å². The SMILES string of the molecule is Cc1ccc(OCC(=O)Nc2cc(C)ccc2C)c(Br)c1. The highest BCUT2D eigenvalue weighted by molar-refractivity contribution is 9.10. The topological polar surface area (TPSA) is 38.3 Å². The van der Waals surface area contributed by atoms with Gasteiger partial charge in [-0.15, -0.1) is 0 Å². The number of amides is 1. The molecule has 2 aromatic carbocycles. The zero-order chi connectivity index (χ0) is 15.4. The van der Waals surface area contributed by atoms with Crippen LogP contribution in [-0.2, 0) is 4.79 Å². The summed E-state index contributed by atoms with van der Waals surface area (Å²) >= 11 is 3.43. The second-order valence-corrected chi connectivity index (χ2v) is 5.94. The fourth-order valence-electron chi connectivity index (χ4n) is 1.92. The molecule has 0 bridgehead atoms. The molecular formula is C17H18BrNO2. The summed E-state index contributed by atoms with van der Waals surface area (Å²) < 4.78 is 6.39. The Morgan fingerprint density at radius 3 is 2.48 bits per heavy atom. The first-order valence-corrected chi connectivity index (χ1v) is 7.51. The van der Waals surface area contributed by atoms with Gasteiger partial charge < -0.3 is 10.1 Å². The minimum atomic E-state index is -0.170. The fourth-order valence-corrected chi connectivity index (χ4v) is 2.53. The average molecular weight is 348 g/mol. The molecule has 3 nitrogen and oxygen atoms in total. The van der Waals surface area contributed by atoms with Gasteiger partial charge in [0.2, 0.25) is 0 Å². The number of benzene rings is 2. The lowest BCUT2D eigenvalue weighted by molar-refractivity contribution is -0.118. The molecule has 1 N–H and O–H groups in total. The molecule has 0 aromatic heterocycles. The van der Waals surface area contributed by atoms with E-state index in [4.69, 9.17) is 4.74 Å². The molecule has 4 heteroatoms. The van der Waals surface area contributed by atoms with Crippen LogP contribution in [0.1, 0.15) is 16.7 Å². The van der Waals surface area contributed by atoms with E-state index in [-0.39, 0.29) is 12.5 Å². The number of hydrogen-bond acceptors (Lipinski definition) is 2. The van der Waals surface area contributed by atoms with E-state index in [1.807, 2.05) is 57.2 Å². The predicted octanol–water partition coefficient (Wildman–Crippen LogP) is 4.39. The Kier molecular flexibility index (Phi) is 5.02. The van der Waals surface area contributed by atoms with E-state index in [1.54, 1.807) is 0 Å². The van der Waals surface area contributed by atoms with Crippen LogP contribution >= 0.6 is 15.9 Å². The third kappa shape index (κ3) is 4.33. The Labute approximate surface area is 133 Å². The van der Waals surface area contributed by atoms with E-state index < -0.39 is 0 Å². The molecule has 0 aliphatic carbocycles. The first kappa shape index (κ1) is 15.6. The zero-order valence-corrected chi connectivity index (χ0v) is 14.0. The van der Waals surface area contributed by atoms with E-state index in [2.05, 4.69) is 21.2 Å². The van der Waals surface area contributed by atoms with Gasteiger partial charge in [-0.3, -0.25) is 4.79 Å². The third-order valence-electron chi connectivity index (χ3n) is 3.11. The number of carbonyl (C=O) groups is 1. The molecule has 0 heterocycles. The largest absolute Gasteiger partial charge is 0.483 e. The molecule has 0 fully saturated rings. The van der Waals surface area contributed by atoms with Gasteiger partial charge in [0, 0.05) is 5.69 Å². The normalized spacial score (nSPS) is 10.3. The van der Waals surface area contributed by atoms with Crippen LogP contribution in [0.3, 0.4) is 0 Å². The van der Waals surface area contributed by atoms with Gasteiger partial charge in [0.05, 0.1) is 4.47 Å². The van der Waals surface area contributed by atoms with Crippen molar-refractivity contribution in [2.45, 2.75) is 20.8 Å². The lowest BCUT2D eigenvalue weighted by Crippen LogP contribution is -2.20. The number of ether oxygens (including phenoxy) is 1. The van der Waals surface area contributed by atoms with Crippen LogP contribution in [0.25, 0.3) is 0 Å². The summed E-state index contributed by atoms with van der Waals surface area (Å²) in [7, 11) is 0. The van der Waals surface area contributed by atoms with Crippen molar-refractivity contribution < 1.29 is 9.53 Å². The summed E-state index contributed by atoms with van der Waals surface area (Å²) in [4.78, 5) is 12.0. The van der Waals surface area contributed by atoms with Crippen LogP contribution in [0.15, 0.2) is 40.9 Å². The first-order chi connectivity index (χ1) is 9.95. The molecule has 21 heavy (non-hydrogen) atoms. The maximum absolute atomic E-state index is 12.0. The molecule has 0 saturated heterocycles. The van der Waals surface area contributed by atoms with Crippen LogP contribution < -0.4 is 10.1 Å². The van der Waals surface area contributed by atoms with Gasteiger partial charge >= 0.3 is 0 Å². The highest BCUT2D eigenvalue weighted by Gasteiger charge is 2.08. The Balaban J connectivity index is 1.97. The standard InChI is InChI=1S/C17H18BrNO2/c1-11-5-7-16(14(18)8-11)21-10-17(20)19-15-9-12(2)4-6-13(15)3/h4-9H,10H2,1-3H3,(H,19,20). The molecule has 0 spiro atoms. The van der Waals surface area contributed by atoms with E-state index >= 15 is 0 Å². The summed E-state index contributed by atoms with van der Waals surface area (Å²) in [6.07, 6.45) is 0. The molecule has 2 rings (SSSR count). The van der Waals surface area contributed by atoms with E-state index in [0.717, 1.165) is 26.9 Å². The van der Waals surface area contributed by atoms with Crippen molar-refractivity contribution in [1.29, 1.82) is 0 Å². The molecule has 1 amide bonds. The number of halogens is 1. The second kappa shape index (κ2) is 6.76. The van der Waals surface area contributed by atoms with Gasteiger partial charge in [0.25, 0.3) is 5.91 Å². The van der Waals surface area contributed by atoms with E-state index in [9.17, 15) is 4.79 Å². The summed E-state index contributed by atoms with van der Waals surface area (Å²) in [5.41, 5.74) is 4.10. The Morgan fingerprint density at radius 2 is 1.76 bits per heavy atom. The lowest BCUT2D eigenvalue weighted by atomic mass is 10.1. The van der Waals surface area contributed by atoms with Crippen molar-refractivity contribution in [3.63, 3.8) is 0 Å². The van der Waals surface area contributed by atoms with Gasteiger partial charge in [-0.05, 0) is 71.6 Å². The van der Waals surface area contributed by atoms with Crippen molar-refractivity contribution in [2.75, 3.05) is 11.9 Å². The van der Waals surface area contributed by atoms with Crippen LogP contribution in [0.5, 0.6) is 5.75 Å². The van der Waals surface area contributed by atoms with Crippen LogP contribution in [0.4, 0.5) is 5.69 Å². The highest BCUT2D eigenvalue weighted by atomic mass is 79.9. The molecule has 0 atom stereocenters. The summed E-state index contributed by atoms with van der Waals surface area (Å²) in [6, 6.07) is 11.7. The highest BCUT2D eigenvalue weighted by Crippen LogP contribution is 2.25. The maximum Gasteiger partial charge on any atom is 0.262 e. The minimum absolute atomic E-state index is 0.0188. The van der Waals surface area contributed by atoms with Crippen molar-refractivity contribution in [3.8, 4) is 5.75 Å². The predicted molar refractivity (Wildman–Crippen MR) is 88.9 cm³/mol. The minimum Gasteiger partial charge on any atom is -0.483 e. The summed E-state index contributed by atoms with van der Waals surface area (Å²) in [6.45, 7) is 5.94. The number of aryl methyl sites for hydroxylation is 3. The third-order valence-corrected chi connectivity index (χ3v) is 3.73. The second-order valence-electron chi connectivity index (χ2n) is 5.09. The smallest absolute Gasteiger partial charge is 0.262 e. The molecule has 0 radical (unpaired) electrons. The Morgan fingerprint density at radius 1 is 1.10 bits per heavy atom. The molecular weight excluding hydrogens is 330 g/mol. The number of hydrogen-bond donors (Lipinski definition) is 1. The number of nitrogens with one attached hydrogen (secondary N) is 1. The first-order valence-electron chi connectivity index (χ1n) is 6.72. The monoisotopic (exact) mass is 347 g/mol. The van der Waals surface area contributed by atoms with Gasteiger partial charge in [-0.1, -0.05) is 18.2 Å². The van der Waals surface area contributed by atoms with Crippen LogP contribution in [0.2, 0.25) is 0 Å². The van der Waals surface area contributed by atoms with Gasteiger partial charge in [-0.2, -0.15) is 0 Å². The summed E-state index contributed by atoms with van der Waals surface area (Å²) in [5, 5.41) is 2.87. The maximum atomic E-state index is 12.0. The molecule has 2 aromatic rings. The van der Waals surface area contributed by atoms with Gasteiger partial charge in [-0.25, -0.2) is 0 Å². The molecule has 0 aliphatic rings. The Hall–Kier alpha value is -1.81. The number of rotatable bonds is 4. The van der Waals surface area contributed by atoms with Crippen molar-refractivity contribution in [2.24, 2.45) is 0 Å². The van der Waals surface area contributed by atoms with E-state index in [1.165, 1.54) is 0 Å².